The van der Waals surface area contributed by atoms with E-state index >= 15 is 0 Å². The van der Waals surface area contributed by atoms with Gasteiger partial charge in [-0.1, -0.05) is 29.8 Å². The lowest BCUT2D eigenvalue weighted by Gasteiger charge is -2.43. The zero-order chi connectivity index (χ0) is 25.6. The molecule has 5 rings (SSSR count). The summed E-state index contributed by atoms with van der Waals surface area (Å²) in [6.07, 6.45) is -0.0288. The van der Waals surface area contributed by atoms with E-state index in [1.807, 2.05) is 67.8 Å². The Morgan fingerprint density at radius 3 is 2.61 bits per heavy atom. The lowest BCUT2D eigenvalue weighted by atomic mass is 10.0. The smallest absolute Gasteiger partial charge is 0.244 e. The zero-order valence-corrected chi connectivity index (χ0v) is 21.9. The summed E-state index contributed by atoms with van der Waals surface area (Å²) >= 11 is 6.43. The SMILES string of the molecule is C[C@@H]1CN(C(=O)CN2CC(C)(C)OC[C@H]2C(=O)Nc2cc(Cl)cc3c2[nH]c2ccccc23)C[C@H](C)O1. The Bertz CT molecular complexity index is 1300. The first-order chi connectivity index (χ1) is 17.1. The van der Waals surface area contributed by atoms with E-state index < -0.39 is 11.6 Å². The second-order valence-corrected chi connectivity index (χ2v) is 11.0. The van der Waals surface area contributed by atoms with Gasteiger partial charge in [0, 0.05) is 40.9 Å². The first kappa shape index (κ1) is 25.0. The number of aromatic amines is 1. The number of benzene rings is 2. The van der Waals surface area contributed by atoms with E-state index in [1.54, 1.807) is 6.07 Å². The maximum absolute atomic E-state index is 13.6. The van der Waals surface area contributed by atoms with Gasteiger partial charge in [-0.2, -0.15) is 0 Å². The van der Waals surface area contributed by atoms with Crippen molar-refractivity contribution < 1.29 is 19.1 Å². The summed E-state index contributed by atoms with van der Waals surface area (Å²) in [5.41, 5.74) is 1.91. The second-order valence-electron chi connectivity index (χ2n) is 10.6. The van der Waals surface area contributed by atoms with Gasteiger partial charge < -0.3 is 24.7 Å². The van der Waals surface area contributed by atoms with Crippen LogP contribution in [-0.4, -0.2) is 83.2 Å². The number of H-pyrrole nitrogens is 1. The lowest BCUT2D eigenvalue weighted by Crippen LogP contribution is -2.61. The van der Waals surface area contributed by atoms with Gasteiger partial charge in [-0.15, -0.1) is 0 Å². The van der Waals surface area contributed by atoms with Gasteiger partial charge in [0.15, 0.2) is 0 Å². The highest BCUT2D eigenvalue weighted by Gasteiger charge is 2.39. The second kappa shape index (κ2) is 9.67. The number of amides is 2. The molecule has 0 unspecified atom stereocenters. The number of aromatic nitrogens is 1. The van der Waals surface area contributed by atoms with Gasteiger partial charge in [-0.05, 0) is 45.9 Å². The average molecular weight is 513 g/mol. The molecule has 2 fully saturated rings. The summed E-state index contributed by atoms with van der Waals surface area (Å²) in [5, 5.41) is 5.57. The molecule has 0 radical (unpaired) electrons. The molecule has 3 heterocycles. The highest BCUT2D eigenvalue weighted by molar-refractivity contribution is 6.33. The van der Waals surface area contributed by atoms with Gasteiger partial charge >= 0.3 is 0 Å². The molecule has 2 aliphatic heterocycles. The predicted octanol–water partition coefficient (Wildman–Crippen LogP) is 4.03. The first-order valence-corrected chi connectivity index (χ1v) is 12.8. The van der Waals surface area contributed by atoms with Crippen molar-refractivity contribution in [2.24, 2.45) is 0 Å². The fourth-order valence-electron chi connectivity index (χ4n) is 5.35. The highest BCUT2D eigenvalue weighted by atomic mass is 35.5. The summed E-state index contributed by atoms with van der Waals surface area (Å²) in [7, 11) is 0. The maximum atomic E-state index is 13.6. The number of nitrogens with zero attached hydrogens (tertiary/aromatic N) is 2. The van der Waals surface area contributed by atoms with E-state index in [1.165, 1.54) is 0 Å². The third-order valence-corrected chi connectivity index (χ3v) is 7.13. The summed E-state index contributed by atoms with van der Waals surface area (Å²) in [5.74, 6) is -0.238. The molecule has 36 heavy (non-hydrogen) atoms. The molecule has 192 valence electrons. The largest absolute Gasteiger partial charge is 0.372 e. The Kier molecular flexibility index (Phi) is 6.72. The number of rotatable bonds is 4. The van der Waals surface area contributed by atoms with Crippen molar-refractivity contribution in [3.8, 4) is 0 Å². The van der Waals surface area contributed by atoms with Crippen LogP contribution in [0.3, 0.4) is 0 Å². The van der Waals surface area contributed by atoms with Crippen LogP contribution in [0, 0.1) is 0 Å². The molecule has 8 nitrogen and oxygen atoms in total. The van der Waals surface area contributed by atoms with Crippen molar-refractivity contribution in [1.82, 2.24) is 14.8 Å². The molecular formula is C27H33ClN4O4. The third kappa shape index (κ3) is 5.09. The van der Waals surface area contributed by atoms with Crippen molar-refractivity contribution in [3.63, 3.8) is 0 Å². The van der Waals surface area contributed by atoms with E-state index in [0.29, 0.717) is 30.3 Å². The number of fused-ring (bicyclic) bond motifs is 3. The van der Waals surface area contributed by atoms with Crippen LogP contribution in [0.15, 0.2) is 36.4 Å². The quantitative estimate of drug-likeness (QED) is 0.551. The Morgan fingerprint density at radius 2 is 1.86 bits per heavy atom. The molecule has 2 aliphatic rings. The van der Waals surface area contributed by atoms with Gasteiger partial charge in [0.2, 0.25) is 11.8 Å². The fourth-order valence-corrected chi connectivity index (χ4v) is 5.57. The summed E-state index contributed by atoms with van der Waals surface area (Å²) in [6, 6.07) is 11.0. The van der Waals surface area contributed by atoms with E-state index in [9.17, 15) is 9.59 Å². The summed E-state index contributed by atoms with van der Waals surface area (Å²) < 4.78 is 11.8. The van der Waals surface area contributed by atoms with Crippen molar-refractivity contribution in [3.05, 3.63) is 41.4 Å². The fraction of sp³-hybridized carbons (Fsp3) is 0.481. The third-order valence-electron chi connectivity index (χ3n) is 6.91. The number of hydrogen-bond donors (Lipinski definition) is 2. The molecule has 1 aromatic heterocycles. The topological polar surface area (TPSA) is 86.9 Å². The van der Waals surface area contributed by atoms with Crippen molar-refractivity contribution in [2.75, 3.05) is 38.1 Å². The standard InChI is InChI=1S/C27H33ClN4O4/c1-16-11-31(12-17(2)36-16)24(33)13-32-15-27(3,4)35-14-23(32)26(34)30-22-10-18(28)9-20-19-7-5-6-8-21(19)29-25(20)22/h5-10,16-17,23,29H,11-15H2,1-4H3,(H,30,34)/t16-,17+,23-/m0/s1. The van der Waals surface area contributed by atoms with Gasteiger partial charge in [-0.25, -0.2) is 0 Å². The summed E-state index contributed by atoms with van der Waals surface area (Å²) in [4.78, 5) is 34.0. The monoisotopic (exact) mass is 512 g/mol. The minimum Gasteiger partial charge on any atom is -0.372 e. The number of morpholine rings is 2. The van der Waals surface area contributed by atoms with E-state index in [-0.39, 0.29) is 37.2 Å². The number of carbonyl (C=O) groups is 2. The van der Waals surface area contributed by atoms with Crippen LogP contribution in [0.5, 0.6) is 0 Å². The lowest BCUT2D eigenvalue weighted by molar-refractivity contribution is -0.156. The van der Waals surface area contributed by atoms with Crippen LogP contribution >= 0.6 is 11.6 Å². The number of ether oxygens (including phenoxy) is 2. The number of carbonyl (C=O) groups excluding carboxylic acids is 2. The van der Waals surface area contributed by atoms with E-state index in [2.05, 4.69) is 10.3 Å². The van der Waals surface area contributed by atoms with Gasteiger partial charge in [0.25, 0.3) is 0 Å². The van der Waals surface area contributed by atoms with Gasteiger partial charge in [-0.3, -0.25) is 14.5 Å². The molecule has 2 N–H and O–H groups in total. The molecule has 0 saturated carbocycles. The predicted molar refractivity (Wildman–Crippen MR) is 141 cm³/mol. The molecule has 0 aliphatic carbocycles. The molecule has 3 atom stereocenters. The first-order valence-electron chi connectivity index (χ1n) is 12.4. The van der Waals surface area contributed by atoms with Gasteiger partial charge in [0.05, 0.1) is 42.2 Å². The van der Waals surface area contributed by atoms with E-state index in [4.69, 9.17) is 21.1 Å². The molecule has 9 heteroatoms. The molecule has 2 saturated heterocycles. The number of anilines is 1. The van der Waals surface area contributed by atoms with Crippen LogP contribution in [0.25, 0.3) is 21.8 Å². The minimum absolute atomic E-state index is 0.00624. The van der Waals surface area contributed by atoms with Crippen LogP contribution in [0.4, 0.5) is 5.69 Å². The van der Waals surface area contributed by atoms with E-state index in [0.717, 1.165) is 21.8 Å². The van der Waals surface area contributed by atoms with Crippen molar-refractivity contribution in [1.29, 1.82) is 0 Å². The van der Waals surface area contributed by atoms with Gasteiger partial charge in [0.1, 0.15) is 6.04 Å². The molecule has 0 spiro atoms. The Morgan fingerprint density at radius 1 is 1.14 bits per heavy atom. The molecule has 2 amide bonds. The number of hydrogen-bond acceptors (Lipinski definition) is 5. The van der Waals surface area contributed by atoms with Crippen LogP contribution in [-0.2, 0) is 19.1 Å². The molecule has 2 aromatic carbocycles. The van der Waals surface area contributed by atoms with Crippen LogP contribution < -0.4 is 5.32 Å². The number of para-hydroxylation sites is 1. The average Bonchev–Trinajstić information content (AvgIpc) is 3.16. The van der Waals surface area contributed by atoms with Crippen LogP contribution in [0.1, 0.15) is 27.7 Å². The Hall–Kier alpha value is -2.65. The Balaban J connectivity index is 1.39. The number of nitrogens with one attached hydrogen (secondary N) is 2. The molecular weight excluding hydrogens is 480 g/mol. The Labute approximate surface area is 215 Å². The van der Waals surface area contributed by atoms with Crippen molar-refractivity contribution >= 4 is 50.9 Å². The normalized spacial score (nSPS) is 24.8. The highest BCUT2D eigenvalue weighted by Crippen LogP contribution is 2.34. The zero-order valence-electron chi connectivity index (χ0n) is 21.1. The van der Waals surface area contributed by atoms with Crippen LogP contribution in [0.2, 0.25) is 5.02 Å². The maximum Gasteiger partial charge on any atom is 0.244 e. The number of halogens is 1. The van der Waals surface area contributed by atoms with Crippen molar-refractivity contribution in [2.45, 2.75) is 51.5 Å². The molecule has 3 aromatic rings. The minimum atomic E-state index is -0.615. The summed E-state index contributed by atoms with van der Waals surface area (Å²) in [6.45, 7) is 9.79. The molecule has 0 bridgehead atoms.